The molecule has 0 aromatic carbocycles. The Morgan fingerprint density at radius 3 is 2.79 bits per heavy atom. The van der Waals surface area contributed by atoms with E-state index in [0.29, 0.717) is 17.8 Å². The van der Waals surface area contributed by atoms with E-state index in [0.717, 1.165) is 25.7 Å². The molecule has 0 aromatic heterocycles. The Balaban J connectivity index is 1.62. The first-order valence-corrected chi connectivity index (χ1v) is 9.59. The molecule has 0 amide bonds. The molecule has 0 aliphatic heterocycles. The number of ether oxygens (including phenoxy) is 1. The van der Waals surface area contributed by atoms with E-state index in [1.54, 1.807) is 0 Å². The molecule has 0 radical (unpaired) electrons. The van der Waals surface area contributed by atoms with Gasteiger partial charge in [-0.1, -0.05) is 31.6 Å². The average molecular weight is 330 g/mol. The molecule has 3 nitrogen and oxygen atoms in total. The molecule has 7 atom stereocenters. The monoisotopic (exact) mass is 330 g/mol. The summed E-state index contributed by atoms with van der Waals surface area (Å²) in [4.78, 5) is 11.3. The second-order valence-electron chi connectivity index (χ2n) is 8.97. The third-order valence-electron chi connectivity index (χ3n) is 7.88. The minimum Gasteiger partial charge on any atom is -0.458 e. The van der Waals surface area contributed by atoms with E-state index in [1.807, 2.05) is 0 Å². The molecule has 1 N–H and O–H groups in total. The molecule has 0 bridgehead atoms. The van der Waals surface area contributed by atoms with Gasteiger partial charge in [0, 0.05) is 18.8 Å². The first kappa shape index (κ1) is 16.4. The van der Waals surface area contributed by atoms with Gasteiger partial charge in [0.05, 0.1) is 6.10 Å². The smallest absolute Gasteiger partial charge is 0.303 e. The lowest BCUT2D eigenvalue weighted by Crippen LogP contribution is -2.50. The average Bonchev–Trinajstić information content (AvgIpc) is 2.83. The topological polar surface area (TPSA) is 46.5 Å². The Morgan fingerprint density at radius 2 is 2.04 bits per heavy atom. The molecule has 2 fully saturated rings. The number of carbonyl (C=O) groups is 1. The zero-order chi connectivity index (χ0) is 17.1. The zero-order valence-electron chi connectivity index (χ0n) is 15.1. The van der Waals surface area contributed by atoms with Gasteiger partial charge in [0.1, 0.15) is 6.10 Å². The van der Waals surface area contributed by atoms with Gasteiger partial charge in [-0.2, -0.15) is 0 Å². The Bertz CT molecular complexity index is 606. The lowest BCUT2D eigenvalue weighted by Gasteiger charge is -2.56. The highest BCUT2D eigenvalue weighted by atomic mass is 16.5. The van der Waals surface area contributed by atoms with Crippen LogP contribution >= 0.6 is 0 Å². The van der Waals surface area contributed by atoms with Crippen LogP contribution in [0.25, 0.3) is 0 Å². The van der Waals surface area contributed by atoms with E-state index < -0.39 is 0 Å². The van der Waals surface area contributed by atoms with Crippen molar-refractivity contribution in [3.63, 3.8) is 0 Å². The number of aliphatic hydroxyl groups excluding tert-OH is 1. The second kappa shape index (κ2) is 5.45. The predicted octanol–water partition coefficient (Wildman–Crippen LogP) is 4.02. The highest BCUT2D eigenvalue weighted by Crippen LogP contribution is 2.63. The van der Waals surface area contributed by atoms with Crippen molar-refractivity contribution in [1.29, 1.82) is 0 Å². The Morgan fingerprint density at radius 1 is 1.25 bits per heavy atom. The predicted molar refractivity (Wildman–Crippen MR) is 93.2 cm³/mol. The summed E-state index contributed by atoms with van der Waals surface area (Å²) in [6.07, 6.45) is 13.1. The summed E-state index contributed by atoms with van der Waals surface area (Å²) >= 11 is 0. The number of allylic oxidation sites excluding steroid dienone is 2. The number of hydrogen-bond acceptors (Lipinski definition) is 3. The summed E-state index contributed by atoms with van der Waals surface area (Å²) in [6.45, 7) is 6.19. The summed E-state index contributed by atoms with van der Waals surface area (Å²) in [5.74, 6) is 1.80. The van der Waals surface area contributed by atoms with Crippen molar-refractivity contribution in [3.05, 3.63) is 23.8 Å². The summed E-state index contributed by atoms with van der Waals surface area (Å²) in [6, 6.07) is 0. The van der Waals surface area contributed by atoms with Crippen LogP contribution in [0.4, 0.5) is 0 Å². The highest BCUT2D eigenvalue weighted by Gasteiger charge is 2.57. The Kier molecular flexibility index (Phi) is 3.72. The van der Waals surface area contributed by atoms with Crippen LogP contribution in [0.2, 0.25) is 0 Å². The molecular formula is C21H30O3. The molecule has 0 heterocycles. The first-order valence-electron chi connectivity index (χ1n) is 9.59. The van der Waals surface area contributed by atoms with E-state index in [1.165, 1.54) is 25.3 Å². The van der Waals surface area contributed by atoms with Crippen LogP contribution in [-0.2, 0) is 9.53 Å². The highest BCUT2D eigenvalue weighted by molar-refractivity contribution is 5.66. The third kappa shape index (κ3) is 2.23. The van der Waals surface area contributed by atoms with E-state index in [9.17, 15) is 9.90 Å². The van der Waals surface area contributed by atoms with Crippen molar-refractivity contribution in [2.75, 3.05) is 0 Å². The minimum atomic E-state index is -0.198. The van der Waals surface area contributed by atoms with E-state index in [-0.39, 0.29) is 29.0 Å². The lowest BCUT2D eigenvalue weighted by molar-refractivity contribution is -0.144. The molecular weight excluding hydrogens is 300 g/mol. The fourth-order valence-electron chi connectivity index (χ4n) is 6.49. The molecule has 2 saturated carbocycles. The summed E-state index contributed by atoms with van der Waals surface area (Å²) in [5, 5.41) is 10.5. The SMILES string of the molecule is CC(=O)OC1C=C[C@@]2(C)C(=CC[C@@H]3[C@@H]2CC[C@]2(C)C(O)CC[C@@H]32)C1. The van der Waals surface area contributed by atoms with Gasteiger partial charge in [-0.3, -0.25) is 4.79 Å². The third-order valence-corrected chi connectivity index (χ3v) is 7.88. The van der Waals surface area contributed by atoms with Gasteiger partial charge in [-0.05, 0) is 61.3 Å². The van der Waals surface area contributed by atoms with Crippen molar-refractivity contribution in [2.45, 2.75) is 71.5 Å². The first-order chi connectivity index (χ1) is 11.3. The maximum atomic E-state index is 11.3. The second-order valence-corrected chi connectivity index (χ2v) is 8.97. The van der Waals surface area contributed by atoms with Crippen molar-refractivity contribution in [1.82, 2.24) is 0 Å². The maximum absolute atomic E-state index is 11.3. The number of aliphatic hydroxyl groups is 1. The normalized spacial score (nSPS) is 49.7. The quantitative estimate of drug-likeness (QED) is 0.583. The van der Waals surface area contributed by atoms with E-state index >= 15 is 0 Å². The molecule has 4 aliphatic carbocycles. The van der Waals surface area contributed by atoms with Gasteiger partial charge < -0.3 is 9.84 Å². The Hall–Kier alpha value is -1.09. The van der Waals surface area contributed by atoms with Crippen LogP contribution in [0.15, 0.2) is 23.8 Å². The fourth-order valence-corrected chi connectivity index (χ4v) is 6.49. The molecule has 0 aromatic rings. The van der Waals surface area contributed by atoms with E-state index in [2.05, 4.69) is 32.1 Å². The van der Waals surface area contributed by atoms with Gasteiger partial charge in [-0.25, -0.2) is 0 Å². The molecule has 0 spiro atoms. The summed E-state index contributed by atoms with van der Waals surface area (Å²) < 4.78 is 5.42. The van der Waals surface area contributed by atoms with Crippen molar-refractivity contribution in [3.8, 4) is 0 Å². The maximum Gasteiger partial charge on any atom is 0.303 e. The van der Waals surface area contributed by atoms with Gasteiger partial charge in [0.15, 0.2) is 0 Å². The lowest BCUT2D eigenvalue weighted by atomic mass is 9.49. The molecule has 4 rings (SSSR count). The number of rotatable bonds is 1. The molecule has 4 aliphatic rings. The standard InChI is InChI=1S/C21H30O3/c1-13(22)24-15-8-10-20(2)14(12-15)4-5-16-17-6-7-19(23)21(17,3)11-9-18(16)20/h4,8,10,15-19,23H,5-7,9,11-12H2,1-3H3/t15?,16-,17-,18-,19?,20-,21-/m0/s1. The summed E-state index contributed by atoms with van der Waals surface area (Å²) in [7, 11) is 0. The van der Waals surface area contributed by atoms with Crippen LogP contribution in [-0.4, -0.2) is 23.3 Å². The van der Waals surface area contributed by atoms with Crippen LogP contribution < -0.4 is 0 Å². The van der Waals surface area contributed by atoms with E-state index in [4.69, 9.17) is 4.74 Å². The molecule has 0 saturated heterocycles. The minimum absolute atomic E-state index is 0.0967. The van der Waals surface area contributed by atoms with Gasteiger partial charge in [0.2, 0.25) is 0 Å². The number of esters is 1. The molecule has 24 heavy (non-hydrogen) atoms. The number of carbonyl (C=O) groups excluding carboxylic acids is 1. The summed E-state index contributed by atoms with van der Waals surface area (Å²) in [5.41, 5.74) is 1.69. The van der Waals surface area contributed by atoms with Crippen LogP contribution in [0.1, 0.15) is 59.3 Å². The number of hydrogen-bond donors (Lipinski definition) is 1. The van der Waals surface area contributed by atoms with Gasteiger partial charge in [-0.15, -0.1) is 0 Å². The van der Waals surface area contributed by atoms with Crippen LogP contribution in [0.5, 0.6) is 0 Å². The fraction of sp³-hybridized carbons (Fsp3) is 0.762. The number of fused-ring (bicyclic) bond motifs is 5. The van der Waals surface area contributed by atoms with Gasteiger partial charge in [0.25, 0.3) is 0 Å². The molecule has 3 heteroatoms. The van der Waals surface area contributed by atoms with Crippen molar-refractivity contribution < 1.29 is 14.6 Å². The Labute approximate surface area is 145 Å². The largest absolute Gasteiger partial charge is 0.458 e. The molecule has 132 valence electrons. The van der Waals surface area contributed by atoms with Gasteiger partial charge >= 0.3 is 5.97 Å². The van der Waals surface area contributed by atoms with Crippen molar-refractivity contribution >= 4 is 5.97 Å². The molecule has 2 unspecified atom stereocenters. The van der Waals surface area contributed by atoms with Crippen molar-refractivity contribution in [2.24, 2.45) is 28.6 Å². The van der Waals surface area contributed by atoms with Crippen LogP contribution in [0, 0.1) is 28.6 Å². The van der Waals surface area contributed by atoms with Crippen LogP contribution in [0.3, 0.4) is 0 Å². The zero-order valence-corrected chi connectivity index (χ0v) is 15.1.